The Hall–Kier alpha value is -4.49. The second-order valence-electron chi connectivity index (χ2n) is 16.5. The lowest BCUT2D eigenvalue weighted by Gasteiger charge is -2.29. The lowest BCUT2D eigenvalue weighted by Crippen LogP contribution is -2.41. The fraction of sp³-hybridized carbons (Fsp3) is 0.581. The van der Waals surface area contributed by atoms with E-state index in [4.69, 9.17) is 16.6 Å². The van der Waals surface area contributed by atoms with Crippen LogP contribution in [0.1, 0.15) is 124 Å². The molecule has 3 fully saturated rings. The van der Waals surface area contributed by atoms with E-state index >= 15 is 0 Å². The van der Waals surface area contributed by atoms with Gasteiger partial charge >= 0.3 is 0 Å². The quantitative estimate of drug-likeness (QED) is 0.0854. The lowest BCUT2D eigenvalue weighted by molar-refractivity contribution is -0.128. The summed E-state index contributed by atoms with van der Waals surface area (Å²) in [6.07, 6.45) is 17.3. The number of Topliss-reactive ketones (excluding diaryl/α,β-unsaturated/α-hetero) is 2. The monoisotopic (exact) mass is 798 g/mol. The van der Waals surface area contributed by atoms with Crippen LogP contribution in [0.25, 0.3) is 11.3 Å². The molecule has 4 aliphatic rings. The smallest absolute Gasteiger partial charge is 0.255 e. The van der Waals surface area contributed by atoms with Gasteiger partial charge < -0.3 is 20.9 Å². The lowest BCUT2D eigenvalue weighted by atomic mass is 9.84. The molecule has 3 N–H and O–H groups in total. The first-order valence-electron chi connectivity index (χ1n) is 20.9. The van der Waals surface area contributed by atoms with Gasteiger partial charge in [-0.25, -0.2) is 9.97 Å². The minimum absolute atomic E-state index is 0.0733. The van der Waals surface area contributed by atoms with Crippen molar-refractivity contribution in [2.45, 2.75) is 128 Å². The van der Waals surface area contributed by atoms with Gasteiger partial charge in [0.15, 0.2) is 5.78 Å². The molecule has 3 aliphatic carbocycles. The Morgan fingerprint density at radius 2 is 1.67 bits per heavy atom. The number of hydrogen-bond acceptors (Lipinski definition) is 9. The number of aryl methyl sites for hydroxylation is 1. The summed E-state index contributed by atoms with van der Waals surface area (Å²) in [7, 11) is 1.98. The van der Waals surface area contributed by atoms with E-state index in [2.05, 4.69) is 26.0 Å². The maximum atomic E-state index is 13.2. The average molecular weight is 799 g/mol. The van der Waals surface area contributed by atoms with E-state index in [0.717, 1.165) is 87.2 Å². The summed E-state index contributed by atoms with van der Waals surface area (Å²) in [6.45, 7) is 1.05. The van der Waals surface area contributed by atoms with Crippen LogP contribution in [0.2, 0.25) is 5.02 Å². The molecule has 1 aliphatic heterocycles. The maximum absolute atomic E-state index is 13.2. The van der Waals surface area contributed by atoms with Crippen LogP contribution < -0.4 is 16.0 Å². The Balaban J connectivity index is 0.748. The molecule has 2 aromatic heterocycles. The Morgan fingerprint density at radius 3 is 2.47 bits per heavy atom. The average Bonchev–Trinajstić information content (AvgIpc) is 3.90. The normalized spacial score (nSPS) is 21.1. The SMILES string of the molecule is Cn1ncc(-c2nc(CC3CCC(NC(=O)CCCCCCNCC(=O)Nc4cccc5c4CN([C@H]4CCCC(=O)CC4=O)C5=O)CC3)ncc2Cl)c1CC1CC1. The number of carbonyl (C=O) groups is 5. The predicted molar refractivity (Wildman–Crippen MR) is 216 cm³/mol. The molecule has 1 aromatic carbocycles. The number of halogens is 1. The van der Waals surface area contributed by atoms with Gasteiger partial charge in [0.05, 0.1) is 35.9 Å². The van der Waals surface area contributed by atoms with Gasteiger partial charge in [-0.1, -0.05) is 30.5 Å². The van der Waals surface area contributed by atoms with Crippen molar-refractivity contribution in [3.8, 4) is 11.3 Å². The zero-order chi connectivity index (χ0) is 39.9. The second-order valence-corrected chi connectivity index (χ2v) is 16.9. The summed E-state index contributed by atoms with van der Waals surface area (Å²) in [4.78, 5) is 74.3. The van der Waals surface area contributed by atoms with Crippen molar-refractivity contribution in [2.75, 3.05) is 18.4 Å². The molecular weight excluding hydrogens is 744 g/mol. The van der Waals surface area contributed by atoms with Crippen molar-refractivity contribution < 1.29 is 24.0 Å². The van der Waals surface area contributed by atoms with Crippen molar-refractivity contribution in [1.29, 1.82) is 0 Å². The van der Waals surface area contributed by atoms with Crippen LogP contribution in [0, 0.1) is 11.8 Å². The van der Waals surface area contributed by atoms with Gasteiger partial charge in [-0.2, -0.15) is 5.10 Å². The number of fused-ring (bicyclic) bond motifs is 1. The third kappa shape index (κ3) is 10.5. The Labute approximate surface area is 339 Å². The largest absolute Gasteiger partial charge is 0.353 e. The van der Waals surface area contributed by atoms with Crippen LogP contribution in [0.4, 0.5) is 5.69 Å². The summed E-state index contributed by atoms with van der Waals surface area (Å²) >= 11 is 6.59. The second kappa shape index (κ2) is 18.8. The van der Waals surface area contributed by atoms with E-state index < -0.39 is 6.04 Å². The molecule has 0 unspecified atom stereocenters. The Bertz CT molecular complexity index is 1970. The number of carbonyl (C=O) groups excluding carboxylic acids is 5. The van der Waals surface area contributed by atoms with E-state index in [1.54, 1.807) is 29.3 Å². The molecule has 7 rings (SSSR count). The molecule has 14 heteroatoms. The molecule has 3 heterocycles. The molecule has 0 radical (unpaired) electrons. The fourth-order valence-electron chi connectivity index (χ4n) is 8.65. The van der Waals surface area contributed by atoms with Gasteiger partial charge in [-0.15, -0.1) is 0 Å². The van der Waals surface area contributed by atoms with Crippen molar-refractivity contribution >= 4 is 46.6 Å². The third-order valence-electron chi connectivity index (χ3n) is 12.1. The van der Waals surface area contributed by atoms with Gasteiger partial charge in [0, 0.05) is 73.2 Å². The van der Waals surface area contributed by atoms with Crippen LogP contribution in [-0.2, 0) is 45.6 Å². The summed E-state index contributed by atoms with van der Waals surface area (Å²) in [5.74, 6) is 1.41. The third-order valence-corrected chi connectivity index (χ3v) is 12.4. The fourth-order valence-corrected chi connectivity index (χ4v) is 8.84. The molecule has 3 saturated carbocycles. The van der Waals surface area contributed by atoms with Crippen molar-refractivity contribution in [2.24, 2.45) is 18.9 Å². The molecular formula is C43H55ClN8O5. The first-order chi connectivity index (χ1) is 27.6. The van der Waals surface area contributed by atoms with Gasteiger partial charge in [-0.3, -0.25) is 28.7 Å². The van der Waals surface area contributed by atoms with Crippen LogP contribution in [0.3, 0.4) is 0 Å². The van der Waals surface area contributed by atoms with Crippen LogP contribution >= 0.6 is 11.6 Å². The summed E-state index contributed by atoms with van der Waals surface area (Å²) < 4.78 is 1.94. The van der Waals surface area contributed by atoms with Crippen LogP contribution in [-0.4, -0.2) is 79.1 Å². The zero-order valence-electron chi connectivity index (χ0n) is 33.0. The molecule has 0 saturated heterocycles. The molecule has 13 nitrogen and oxygen atoms in total. The first-order valence-corrected chi connectivity index (χ1v) is 21.3. The van der Waals surface area contributed by atoms with Gasteiger partial charge in [0.25, 0.3) is 5.91 Å². The molecule has 3 amide bonds. The predicted octanol–water partition coefficient (Wildman–Crippen LogP) is 5.92. The number of nitrogens with one attached hydrogen (secondary N) is 3. The molecule has 0 spiro atoms. The van der Waals surface area contributed by atoms with E-state index in [1.165, 1.54) is 18.5 Å². The highest BCUT2D eigenvalue weighted by Crippen LogP contribution is 2.37. The minimum Gasteiger partial charge on any atom is -0.353 e. The summed E-state index contributed by atoms with van der Waals surface area (Å²) in [5.41, 5.74) is 4.73. The molecule has 0 bridgehead atoms. The number of nitrogens with zero attached hydrogens (tertiary/aromatic N) is 5. The highest BCUT2D eigenvalue weighted by molar-refractivity contribution is 6.32. The number of ketones is 2. The number of anilines is 1. The van der Waals surface area contributed by atoms with Gasteiger partial charge in [0.1, 0.15) is 11.6 Å². The Morgan fingerprint density at radius 1 is 0.895 bits per heavy atom. The molecule has 57 heavy (non-hydrogen) atoms. The Kier molecular flexibility index (Phi) is 13.5. The van der Waals surface area contributed by atoms with E-state index in [0.29, 0.717) is 60.0 Å². The number of aromatic nitrogens is 4. The number of rotatable bonds is 17. The van der Waals surface area contributed by atoms with Crippen LogP contribution in [0.5, 0.6) is 0 Å². The minimum atomic E-state index is -0.608. The van der Waals surface area contributed by atoms with E-state index in [-0.39, 0.29) is 54.8 Å². The molecule has 3 aromatic rings. The van der Waals surface area contributed by atoms with E-state index in [1.807, 2.05) is 17.9 Å². The standard InChI is InChI=1S/C43H55ClN8O5/c1-51-37(20-27-13-14-27)32(23-47-51)42-34(44)24-46-39(50-42)21-28-15-17-29(18-16-28)48-40(55)12-4-2-3-5-19-45-25-41(56)49-35-10-7-9-31-33(35)26-52(43(31)57)36-11-6-8-30(53)22-38(36)54/h7,9-10,23-24,27-29,36,45H,2-6,8,11-22,25-26H2,1H3,(H,48,55)(H,49,56)/t28?,29?,36-/m0/s1. The maximum Gasteiger partial charge on any atom is 0.255 e. The highest BCUT2D eigenvalue weighted by Gasteiger charge is 2.39. The van der Waals surface area contributed by atoms with Gasteiger partial charge in [-0.05, 0) is 101 Å². The number of unbranched alkanes of at least 4 members (excludes halogenated alkanes) is 3. The highest BCUT2D eigenvalue weighted by atomic mass is 35.5. The summed E-state index contributed by atoms with van der Waals surface area (Å²) in [6, 6.07) is 4.82. The zero-order valence-corrected chi connectivity index (χ0v) is 33.7. The van der Waals surface area contributed by atoms with Gasteiger partial charge in [0.2, 0.25) is 11.8 Å². The number of benzene rings is 1. The van der Waals surface area contributed by atoms with Crippen molar-refractivity contribution in [1.82, 2.24) is 35.3 Å². The molecule has 1 atom stereocenters. The molecule has 304 valence electrons. The van der Waals surface area contributed by atoms with Crippen molar-refractivity contribution in [3.63, 3.8) is 0 Å². The first kappa shape index (κ1) is 40.7. The number of amides is 3. The van der Waals surface area contributed by atoms with E-state index in [9.17, 15) is 24.0 Å². The van der Waals surface area contributed by atoms with Crippen LogP contribution in [0.15, 0.2) is 30.6 Å². The number of hydrogen-bond donors (Lipinski definition) is 3. The van der Waals surface area contributed by atoms with Crippen molar-refractivity contribution in [3.05, 3.63) is 58.3 Å². The topological polar surface area (TPSA) is 168 Å². The summed E-state index contributed by atoms with van der Waals surface area (Å²) in [5, 5.41) is 14.4.